The van der Waals surface area contributed by atoms with Crippen molar-refractivity contribution in [3.63, 3.8) is 0 Å². The number of halogens is 1. The van der Waals surface area contributed by atoms with Crippen molar-refractivity contribution in [3.05, 3.63) is 88.7 Å². The molecule has 0 saturated heterocycles. The van der Waals surface area contributed by atoms with E-state index in [4.69, 9.17) is 14.6 Å². The molecular formula is C27H27FN4O4. The van der Waals surface area contributed by atoms with Crippen molar-refractivity contribution in [1.29, 1.82) is 0 Å². The number of amides is 3. The van der Waals surface area contributed by atoms with Crippen molar-refractivity contribution in [2.45, 2.75) is 19.4 Å². The summed E-state index contributed by atoms with van der Waals surface area (Å²) in [6, 6.07) is 15.9. The Bertz CT molecular complexity index is 1320. The van der Waals surface area contributed by atoms with Crippen LogP contribution in [0.15, 0.2) is 65.8 Å². The van der Waals surface area contributed by atoms with Gasteiger partial charge in [0.15, 0.2) is 11.5 Å². The Balaban J connectivity index is 1.75. The quantitative estimate of drug-likeness (QED) is 0.553. The normalized spacial score (nSPS) is 14.8. The molecule has 0 fully saturated rings. The first-order valence-corrected chi connectivity index (χ1v) is 11.4. The molecule has 1 aliphatic heterocycles. The highest BCUT2D eigenvalue weighted by atomic mass is 19.1. The van der Waals surface area contributed by atoms with E-state index in [-0.39, 0.29) is 17.8 Å². The first-order chi connectivity index (χ1) is 17.4. The Morgan fingerprint density at radius 1 is 1.03 bits per heavy atom. The maximum atomic E-state index is 13.9. The Hall–Kier alpha value is -4.40. The third-order valence-corrected chi connectivity index (χ3v) is 5.97. The summed E-state index contributed by atoms with van der Waals surface area (Å²) in [6.07, 6.45) is 0.541. The number of anilines is 1. The van der Waals surface area contributed by atoms with E-state index in [1.807, 2.05) is 19.1 Å². The Morgan fingerprint density at radius 2 is 1.69 bits per heavy atom. The summed E-state index contributed by atoms with van der Waals surface area (Å²) in [4.78, 5) is 25.3. The van der Waals surface area contributed by atoms with Crippen LogP contribution in [0.3, 0.4) is 0 Å². The fourth-order valence-electron chi connectivity index (χ4n) is 4.09. The second-order valence-electron chi connectivity index (χ2n) is 8.28. The van der Waals surface area contributed by atoms with Gasteiger partial charge in [0.1, 0.15) is 5.82 Å². The molecule has 186 valence electrons. The second kappa shape index (κ2) is 10.5. The summed E-state index contributed by atoms with van der Waals surface area (Å²) in [5.41, 5.74) is 3.40. The van der Waals surface area contributed by atoms with Crippen LogP contribution in [0.1, 0.15) is 34.0 Å². The average Bonchev–Trinajstić information content (AvgIpc) is 3.04. The number of ether oxygens (including phenoxy) is 2. The number of nitrogens with one attached hydrogen (secondary N) is 2. The van der Waals surface area contributed by atoms with Gasteiger partial charge in [0, 0.05) is 23.7 Å². The van der Waals surface area contributed by atoms with Gasteiger partial charge in [0.25, 0.3) is 5.91 Å². The van der Waals surface area contributed by atoms with Crippen LogP contribution in [0.5, 0.6) is 11.5 Å². The summed E-state index contributed by atoms with van der Waals surface area (Å²) in [5.74, 6) is 0.156. The van der Waals surface area contributed by atoms with Crippen molar-refractivity contribution in [2.24, 2.45) is 5.10 Å². The van der Waals surface area contributed by atoms with Gasteiger partial charge in [-0.2, -0.15) is 5.10 Å². The molecule has 36 heavy (non-hydrogen) atoms. The third kappa shape index (κ3) is 4.86. The van der Waals surface area contributed by atoms with Gasteiger partial charge in [-0.15, -0.1) is 0 Å². The van der Waals surface area contributed by atoms with Crippen LogP contribution in [0.25, 0.3) is 0 Å². The van der Waals surface area contributed by atoms with Gasteiger partial charge in [0.05, 0.1) is 31.7 Å². The van der Waals surface area contributed by atoms with Crippen LogP contribution in [-0.2, 0) is 6.42 Å². The maximum Gasteiger partial charge on any atom is 0.337 e. The molecule has 0 aliphatic carbocycles. The molecular weight excluding hydrogens is 463 g/mol. The van der Waals surface area contributed by atoms with E-state index in [0.29, 0.717) is 34.8 Å². The number of hydrazone groups is 1. The lowest BCUT2D eigenvalue weighted by atomic mass is 9.93. The number of carbonyl (C=O) groups is 2. The van der Waals surface area contributed by atoms with Crippen LogP contribution in [0, 0.1) is 5.82 Å². The Labute approximate surface area is 208 Å². The van der Waals surface area contributed by atoms with Gasteiger partial charge in [-0.1, -0.05) is 24.3 Å². The predicted molar refractivity (Wildman–Crippen MR) is 135 cm³/mol. The zero-order valence-corrected chi connectivity index (χ0v) is 20.5. The Kier molecular flexibility index (Phi) is 7.19. The number of urea groups is 1. The molecule has 1 aliphatic rings. The van der Waals surface area contributed by atoms with Crippen molar-refractivity contribution in [3.8, 4) is 11.5 Å². The van der Waals surface area contributed by atoms with E-state index in [2.05, 4.69) is 10.6 Å². The molecule has 0 spiro atoms. The monoisotopic (exact) mass is 490 g/mol. The standard InChI is InChI=1S/C27H27FN4O4/c1-16-13-19-14-23(35-3)24(36-4)15-20(19)25(31-32(16)27(34)29-2)17-9-11-18(12-10-17)26(33)30-22-8-6-5-7-21(22)28/h5-12,14-16H,13H2,1-4H3,(H,29,34)(H,30,33). The number of rotatable bonds is 5. The van der Waals surface area contributed by atoms with Gasteiger partial charge < -0.3 is 20.1 Å². The molecule has 3 aromatic carbocycles. The van der Waals surface area contributed by atoms with Crippen LogP contribution in [0.4, 0.5) is 14.9 Å². The lowest BCUT2D eigenvalue weighted by Crippen LogP contribution is -2.41. The van der Waals surface area contributed by atoms with Gasteiger partial charge in [-0.3, -0.25) is 4.79 Å². The number of hydrogen-bond donors (Lipinski definition) is 2. The molecule has 3 amide bonds. The summed E-state index contributed by atoms with van der Waals surface area (Å²) in [7, 11) is 4.68. The maximum absolute atomic E-state index is 13.9. The number of fused-ring (bicyclic) bond motifs is 1. The minimum absolute atomic E-state index is 0.102. The molecule has 0 bridgehead atoms. The molecule has 8 nitrogen and oxygen atoms in total. The lowest BCUT2D eigenvalue weighted by molar-refractivity contribution is 0.102. The third-order valence-electron chi connectivity index (χ3n) is 5.97. The molecule has 2 N–H and O–H groups in total. The predicted octanol–water partition coefficient (Wildman–Crippen LogP) is 4.43. The van der Waals surface area contributed by atoms with Crippen molar-refractivity contribution < 1.29 is 23.5 Å². The van der Waals surface area contributed by atoms with Crippen LogP contribution >= 0.6 is 0 Å². The first-order valence-electron chi connectivity index (χ1n) is 11.4. The van der Waals surface area contributed by atoms with E-state index in [1.54, 1.807) is 57.7 Å². The van der Waals surface area contributed by atoms with Crippen molar-refractivity contribution in [1.82, 2.24) is 10.3 Å². The molecule has 4 rings (SSSR count). The molecule has 0 saturated carbocycles. The molecule has 9 heteroatoms. The molecule has 0 radical (unpaired) electrons. The minimum Gasteiger partial charge on any atom is -0.493 e. The number of benzene rings is 3. The molecule has 1 atom stereocenters. The van der Waals surface area contributed by atoms with E-state index in [1.165, 1.54) is 17.1 Å². The smallest absolute Gasteiger partial charge is 0.337 e. The Morgan fingerprint density at radius 3 is 2.33 bits per heavy atom. The summed E-state index contributed by atoms with van der Waals surface area (Å²) < 4.78 is 24.9. The minimum atomic E-state index is -0.514. The fourth-order valence-corrected chi connectivity index (χ4v) is 4.09. The van der Waals surface area contributed by atoms with E-state index in [0.717, 1.165) is 11.1 Å². The zero-order valence-electron chi connectivity index (χ0n) is 20.5. The second-order valence-corrected chi connectivity index (χ2v) is 8.28. The number of nitrogens with zero attached hydrogens (tertiary/aromatic N) is 2. The van der Waals surface area contributed by atoms with Crippen LogP contribution < -0.4 is 20.1 Å². The van der Waals surface area contributed by atoms with Crippen LogP contribution in [-0.4, -0.2) is 50.0 Å². The van der Waals surface area contributed by atoms with Crippen molar-refractivity contribution >= 4 is 23.3 Å². The number of para-hydroxylation sites is 1. The van der Waals surface area contributed by atoms with Gasteiger partial charge >= 0.3 is 6.03 Å². The largest absolute Gasteiger partial charge is 0.493 e. The number of hydrogen-bond acceptors (Lipinski definition) is 5. The van der Waals surface area contributed by atoms with Gasteiger partial charge in [-0.25, -0.2) is 14.2 Å². The zero-order chi connectivity index (χ0) is 25.8. The first kappa shape index (κ1) is 24.7. The lowest BCUT2D eigenvalue weighted by Gasteiger charge is -2.22. The summed E-state index contributed by atoms with van der Waals surface area (Å²) >= 11 is 0. The summed E-state index contributed by atoms with van der Waals surface area (Å²) in [6.45, 7) is 1.91. The number of carbonyl (C=O) groups excluding carboxylic acids is 2. The van der Waals surface area contributed by atoms with Gasteiger partial charge in [-0.05, 0) is 55.3 Å². The highest BCUT2D eigenvalue weighted by molar-refractivity contribution is 6.15. The van der Waals surface area contributed by atoms with Crippen molar-refractivity contribution in [2.75, 3.05) is 26.6 Å². The summed E-state index contributed by atoms with van der Waals surface area (Å²) in [5, 5.41) is 11.3. The van der Waals surface area contributed by atoms with Gasteiger partial charge in [0.2, 0.25) is 0 Å². The average molecular weight is 491 g/mol. The highest BCUT2D eigenvalue weighted by Gasteiger charge is 2.28. The molecule has 1 heterocycles. The highest BCUT2D eigenvalue weighted by Crippen LogP contribution is 2.34. The molecule has 1 unspecified atom stereocenters. The van der Waals surface area contributed by atoms with E-state index >= 15 is 0 Å². The topological polar surface area (TPSA) is 92.3 Å². The van der Waals surface area contributed by atoms with E-state index < -0.39 is 11.7 Å². The molecule has 3 aromatic rings. The van der Waals surface area contributed by atoms with Crippen LogP contribution in [0.2, 0.25) is 0 Å². The fraction of sp³-hybridized carbons (Fsp3) is 0.222. The number of methoxy groups -OCH3 is 2. The van der Waals surface area contributed by atoms with E-state index in [9.17, 15) is 14.0 Å². The SMILES string of the molecule is CNC(=O)N1N=C(c2ccc(C(=O)Nc3ccccc3F)cc2)c2cc(OC)c(OC)cc2CC1C. The molecule has 0 aromatic heterocycles.